The molecule has 0 radical (unpaired) electrons. The van der Waals surface area contributed by atoms with Gasteiger partial charge in [-0.1, -0.05) is 0 Å². The fourth-order valence-corrected chi connectivity index (χ4v) is 1.27. The van der Waals surface area contributed by atoms with Crippen LogP contribution in [0.1, 0.15) is 32.6 Å². The Morgan fingerprint density at radius 1 is 0.880 bits per heavy atom. The van der Waals surface area contributed by atoms with E-state index in [-0.39, 0.29) is 25.7 Å². The molecule has 0 rings (SSSR count). The average molecular weight is 363 g/mol. The number of aliphatic carboxylic acids is 2. The SMILES string of the molecule is CC(N)C(=O)N[C@@H](CCC(N)=O)C(=O)O.NC(=O)CCC(N)C(=O)O. The minimum Gasteiger partial charge on any atom is -0.480 e. The molecule has 0 saturated carbocycles. The number of carbonyl (C=O) groups excluding carboxylic acids is 3. The van der Waals surface area contributed by atoms with E-state index >= 15 is 0 Å². The lowest BCUT2D eigenvalue weighted by Crippen LogP contribution is -2.47. The molecule has 0 aromatic rings. The molecule has 0 saturated heterocycles. The van der Waals surface area contributed by atoms with Crippen LogP contribution in [0, 0.1) is 0 Å². The van der Waals surface area contributed by atoms with Gasteiger partial charge in [0.2, 0.25) is 17.7 Å². The van der Waals surface area contributed by atoms with Gasteiger partial charge in [-0.3, -0.25) is 19.2 Å². The molecule has 0 aliphatic rings. The maximum Gasteiger partial charge on any atom is 0.326 e. The van der Waals surface area contributed by atoms with Crippen molar-refractivity contribution in [2.75, 3.05) is 0 Å². The predicted octanol–water partition coefficient (Wildman–Crippen LogP) is -3.17. The molecule has 0 fully saturated rings. The summed E-state index contributed by atoms with van der Waals surface area (Å²) in [7, 11) is 0. The zero-order valence-electron chi connectivity index (χ0n) is 13.8. The number of primary amides is 2. The lowest BCUT2D eigenvalue weighted by atomic mass is 10.1. The maximum absolute atomic E-state index is 11.1. The molecule has 3 amide bonds. The van der Waals surface area contributed by atoms with Crippen molar-refractivity contribution in [3.8, 4) is 0 Å². The highest BCUT2D eigenvalue weighted by Gasteiger charge is 2.21. The number of carbonyl (C=O) groups is 5. The monoisotopic (exact) mass is 363 g/mol. The van der Waals surface area contributed by atoms with E-state index in [1.54, 1.807) is 0 Å². The Morgan fingerprint density at radius 2 is 1.32 bits per heavy atom. The summed E-state index contributed by atoms with van der Waals surface area (Å²) in [5.74, 6) is -4.05. The lowest BCUT2D eigenvalue weighted by Gasteiger charge is -2.14. The van der Waals surface area contributed by atoms with Crippen molar-refractivity contribution in [2.24, 2.45) is 22.9 Å². The highest BCUT2D eigenvalue weighted by atomic mass is 16.4. The normalized spacial score (nSPS) is 13.4. The highest BCUT2D eigenvalue weighted by molar-refractivity contribution is 5.86. The molecule has 25 heavy (non-hydrogen) atoms. The summed E-state index contributed by atoms with van der Waals surface area (Å²) in [6, 6.07) is -2.90. The number of amides is 3. The molecule has 0 spiro atoms. The first-order chi connectivity index (χ1) is 11.4. The number of rotatable bonds is 10. The number of nitrogens with one attached hydrogen (secondary N) is 1. The summed E-state index contributed by atoms with van der Waals surface area (Å²) in [6.45, 7) is 1.43. The van der Waals surface area contributed by atoms with Gasteiger partial charge in [-0.05, 0) is 19.8 Å². The van der Waals surface area contributed by atoms with Crippen molar-refractivity contribution in [3.63, 3.8) is 0 Å². The van der Waals surface area contributed by atoms with Gasteiger partial charge in [-0.2, -0.15) is 0 Å². The van der Waals surface area contributed by atoms with Crippen LogP contribution in [0.4, 0.5) is 0 Å². The summed E-state index contributed by atoms with van der Waals surface area (Å²) in [6.07, 6.45) is -0.0164. The summed E-state index contributed by atoms with van der Waals surface area (Å²) >= 11 is 0. The molecule has 0 aromatic heterocycles. The van der Waals surface area contributed by atoms with Crippen LogP contribution in [0.5, 0.6) is 0 Å². The van der Waals surface area contributed by atoms with E-state index < -0.39 is 47.8 Å². The molecule has 0 aliphatic heterocycles. The maximum atomic E-state index is 11.1. The number of carboxylic acids is 2. The van der Waals surface area contributed by atoms with Crippen molar-refractivity contribution >= 4 is 29.7 Å². The van der Waals surface area contributed by atoms with E-state index in [0.29, 0.717) is 0 Å². The molecule has 3 atom stereocenters. The van der Waals surface area contributed by atoms with Gasteiger partial charge < -0.3 is 38.5 Å². The van der Waals surface area contributed by atoms with Gasteiger partial charge >= 0.3 is 11.9 Å². The molecule has 2 unspecified atom stereocenters. The van der Waals surface area contributed by atoms with Gasteiger partial charge in [0, 0.05) is 12.8 Å². The van der Waals surface area contributed by atoms with E-state index in [1.165, 1.54) is 6.92 Å². The van der Waals surface area contributed by atoms with Gasteiger partial charge in [0.25, 0.3) is 0 Å². The van der Waals surface area contributed by atoms with Crippen LogP contribution in [-0.2, 0) is 24.0 Å². The Bertz CT molecular complexity index is 495. The number of carboxylic acid groups (broad SMARTS) is 2. The molecule has 11 N–H and O–H groups in total. The fraction of sp³-hybridized carbons (Fsp3) is 0.615. The van der Waals surface area contributed by atoms with E-state index in [0.717, 1.165) is 0 Å². The van der Waals surface area contributed by atoms with Gasteiger partial charge in [0.15, 0.2) is 0 Å². The zero-order valence-corrected chi connectivity index (χ0v) is 13.8. The van der Waals surface area contributed by atoms with Crippen LogP contribution in [-0.4, -0.2) is 58.0 Å². The fourth-order valence-electron chi connectivity index (χ4n) is 1.27. The van der Waals surface area contributed by atoms with Gasteiger partial charge in [-0.25, -0.2) is 4.79 Å². The first kappa shape index (κ1) is 24.5. The van der Waals surface area contributed by atoms with Gasteiger partial charge in [-0.15, -0.1) is 0 Å². The second-order valence-corrected chi connectivity index (χ2v) is 5.14. The third-order valence-electron chi connectivity index (χ3n) is 2.73. The number of nitrogens with two attached hydrogens (primary N) is 4. The standard InChI is InChI=1S/C8H15N3O4.C5H10N2O3/c1-4(9)7(13)11-5(8(14)15)2-3-6(10)12;6-3(5(9)10)1-2-4(7)8/h4-5H,2-3,9H2,1H3,(H2,10,12)(H,11,13)(H,14,15);3H,1-2,6H2,(H2,7,8)(H,9,10)/t4?,5-;/m0./s1. The van der Waals surface area contributed by atoms with E-state index in [9.17, 15) is 24.0 Å². The Kier molecular flexibility index (Phi) is 12.4. The summed E-state index contributed by atoms with van der Waals surface area (Å²) in [4.78, 5) is 52.3. The Hall–Kier alpha value is -2.73. The molecule has 0 heterocycles. The molecule has 144 valence electrons. The van der Waals surface area contributed by atoms with Crippen molar-refractivity contribution in [1.82, 2.24) is 5.32 Å². The lowest BCUT2D eigenvalue weighted by molar-refractivity contribution is -0.142. The van der Waals surface area contributed by atoms with Gasteiger partial charge in [0.1, 0.15) is 12.1 Å². The third-order valence-corrected chi connectivity index (χ3v) is 2.73. The van der Waals surface area contributed by atoms with E-state index in [2.05, 4.69) is 5.32 Å². The second kappa shape index (κ2) is 12.7. The Balaban J connectivity index is 0. The first-order valence-electron chi connectivity index (χ1n) is 7.22. The Labute approximate surface area is 143 Å². The van der Waals surface area contributed by atoms with Crippen LogP contribution >= 0.6 is 0 Å². The minimum absolute atomic E-state index is 0.0213. The quantitative estimate of drug-likeness (QED) is 0.206. The van der Waals surface area contributed by atoms with Crippen LogP contribution in [0.3, 0.4) is 0 Å². The first-order valence-corrected chi connectivity index (χ1v) is 7.22. The summed E-state index contributed by atoms with van der Waals surface area (Å²) in [5.41, 5.74) is 19.9. The van der Waals surface area contributed by atoms with Crippen molar-refractivity contribution < 1.29 is 34.2 Å². The Morgan fingerprint density at radius 3 is 1.64 bits per heavy atom. The van der Waals surface area contributed by atoms with Crippen LogP contribution in [0.2, 0.25) is 0 Å². The molecule has 0 bridgehead atoms. The van der Waals surface area contributed by atoms with Crippen LogP contribution in [0.15, 0.2) is 0 Å². The van der Waals surface area contributed by atoms with Crippen LogP contribution < -0.4 is 28.3 Å². The highest BCUT2D eigenvalue weighted by Crippen LogP contribution is 1.97. The van der Waals surface area contributed by atoms with E-state index in [1.807, 2.05) is 0 Å². The smallest absolute Gasteiger partial charge is 0.326 e. The minimum atomic E-state index is -1.22. The molecule has 0 aromatic carbocycles. The summed E-state index contributed by atoms with van der Waals surface area (Å²) < 4.78 is 0. The van der Waals surface area contributed by atoms with Crippen molar-refractivity contribution in [3.05, 3.63) is 0 Å². The third kappa shape index (κ3) is 14.6. The van der Waals surface area contributed by atoms with Crippen molar-refractivity contribution in [2.45, 2.75) is 50.7 Å². The topological polar surface area (TPSA) is 242 Å². The molecule has 12 heteroatoms. The van der Waals surface area contributed by atoms with Gasteiger partial charge in [0.05, 0.1) is 6.04 Å². The number of hydrogen-bond acceptors (Lipinski definition) is 7. The molecule has 0 aliphatic carbocycles. The van der Waals surface area contributed by atoms with Crippen molar-refractivity contribution in [1.29, 1.82) is 0 Å². The predicted molar refractivity (Wildman–Crippen MR) is 85.7 cm³/mol. The molecular weight excluding hydrogens is 338 g/mol. The molecule has 12 nitrogen and oxygen atoms in total. The average Bonchev–Trinajstić information content (AvgIpc) is 2.48. The zero-order chi connectivity index (χ0) is 20.2. The largest absolute Gasteiger partial charge is 0.480 e. The molecular formula is C13H25N5O7. The second-order valence-electron chi connectivity index (χ2n) is 5.14. The summed E-state index contributed by atoms with van der Waals surface area (Å²) in [5, 5.41) is 19.1. The number of hydrogen-bond donors (Lipinski definition) is 7. The van der Waals surface area contributed by atoms with E-state index in [4.69, 9.17) is 33.1 Å². The van der Waals surface area contributed by atoms with Crippen LogP contribution in [0.25, 0.3) is 0 Å².